The molecule has 23 heavy (non-hydrogen) atoms. The van der Waals surface area contributed by atoms with E-state index in [1.807, 2.05) is 0 Å². The zero-order valence-corrected chi connectivity index (χ0v) is 15.2. The normalized spacial score (nSPS) is 27.5. The van der Waals surface area contributed by atoms with Crippen molar-refractivity contribution in [1.29, 1.82) is 0 Å². The van der Waals surface area contributed by atoms with E-state index in [-0.39, 0.29) is 0 Å². The molecule has 0 aromatic heterocycles. The molecule has 0 unspecified atom stereocenters. The molecule has 3 nitrogen and oxygen atoms in total. The van der Waals surface area contributed by atoms with Gasteiger partial charge in [-0.2, -0.15) is 0 Å². The van der Waals surface area contributed by atoms with Crippen molar-refractivity contribution in [1.82, 2.24) is 10.2 Å². The van der Waals surface area contributed by atoms with Crippen LogP contribution >= 0.6 is 12.2 Å². The Labute approximate surface area is 145 Å². The van der Waals surface area contributed by atoms with Gasteiger partial charge in [0.1, 0.15) is 0 Å². The molecule has 2 atom stereocenters. The van der Waals surface area contributed by atoms with E-state index in [1.54, 1.807) is 0 Å². The molecule has 2 fully saturated rings. The maximum absolute atomic E-state index is 5.53. The first-order valence-electron chi connectivity index (χ1n) is 9.05. The number of hydrogen-bond donors (Lipinski definition) is 2. The van der Waals surface area contributed by atoms with Gasteiger partial charge in [-0.1, -0.05) is 31.0 Å². The Morgan fingerprint density at radius 2 is 1.83 bits per heavy atom. The lowest BCUT2D eigenvalue weighted by atomic mass is 9.81. The molecule has 126 valence electrons. The highest BCUT2D eigenvalue weighted by atomic mass is 32.1. The smallest absolute Gasteiger partial charge is 0.170 e. The fourth-order valence-electron chi connectivity index (χ4n) is 4.21. The summed E-state index contributed by atoms with van der Waals surface area (Å²) < 4.78 is 0. The van der Waals surface area contributed by atoms with Gasteiger partial charge in [0, 0.05) is 23.8 Å². The van der Waals surface area contributed by atoms with Crippen molar-refractivity contribution in [3.8, 4) is 0 Å². The van der Waals surface area contributed by atoms with E-state index >= 15 is 0 Å². The molecule has 3 rings (SSSR count). The summed E-state index contributed by atoms with van der Waals surface area (Å²) in [6.45, 7) is 5.65. The first kappa shape index (κ1) is 16.7. The van der Waals surface area contributed by atoms with Crippen LogP contribution in [0.2, 0.25) is 0 Å². The van der Waals surface area contributed by atoms with Gasteiger partial charge in [0.15, 0.2) is 5.11 Å². The van der Waals surface area contributed by atoms with Crippen LogP contribution in [0.15, 0.2) is 24.3 Å². The van der Waals surface area contributed by atoms with Crippen molar-refractivity contribution in [2.75, 3.05) is 11.9 Å². The molecule has 0 saturated carbocycles. The second-order valence-corrected chi connectivity index (χ2v) is 7.52. The van der Waals surface area contributed by atoms with E-state index in [0.29, 0.717) is 6.04 Å². The first-order chi connectivity index (χ1) is 11.2. The van der Waals surface area contributed by atoms with Crippen LogP contribution in [0, 0.1) is 6.92 Å². The monoisotopic (exact) mass is 331 g/mol. The van der Waals surface area contributed by atoms with Crippen LogP contribution in [0.25, 0.3) is 0 Å². The molecule has 2 heterocycles. The number of fused-ring (bicyclic) bond motifs is 2. The molecule has 2 aliphatic heterocycles. The lowest BCUT2D eigenvalue weighted by Gasteiger charge is -2.49. The van der Waals surface area contributed by atoms with Crippen molar-refractivity contribution in [2.45, 2.75) is 70.5 Å². The van der Waals surface area contributed by atoms with E-state index in [1.165, 1.54) is 50.6 Å². The van der Waals surface area contributed by atoms with Crippen molar-refractivity contribution in [3.63, 3.8) is 0 Å². The molecule has 0 radical (unpaired) electrons. The Morgan fingerprint density at radius 3 is 2.43 bits per heavy atom. The maximum Gasteiger partial charge on any atom is 0.170 e. The minimum absolute atomic E-state index is 0.517. The highest BCUT2D eigenvalue weighted by Crippen LogP contribution is 2.34. The van der Waals surface area contributed by atoms with Crippen LogP contribution in [0.3, 0.4) is 0 Å². The second kappa shape index (κ2) is 7.63. The Morgan fingerprint density at radius 1 is 1.17 bits per heavy atom. The Kier molecular flexibility index (Phi) is 5.54. The third-order valence-corrected chi connectivity index (χ3v) is 5.47. The van der Waals surface area contributed by atoms with Gasteiger partial charge < -0.3 is 10.6 Å². The Balaban J connectivity index is 1.54. The molecule has 1 aromatic rings. The van der Waals surface area contributed by atoms with E-state index in [9.17, 15) is 0 Å². The standard InChI is InChI=1S/C19H29N3S/c1-3-11-22-17-5-4-6-18(22)13-16(12-17)21-19(23)20-15-9-7-14(2)8-10-15/h7-10,16-18H,3-6,11-13H2,1-2H3,(H2,20,21,23)/t17-,18-/m1/s1. The quantitative estimate of drug-likeness (QED) is 0.813. The average molecular weight is 332 g/mol. The number of piperidine rings is 2. The summed E-state index contributed by atoms with van der Waals surface area (Å²) >= 11 is 5.53. The van der Waals surface area contributed by atoms with Crippen LogP contribution < -0.4 is 10.6 Å². The lowest BCUT2D eigenvalue weighted by Crippen LogP contribution is -2.57. The molecule has 0 aliphatic carbocycles. The minimum atomic E-state index is 0.517. The molecule has 0 amide bonds. The molecule has 1 aromatic carbocycles. The van der Waals surface area contributed by atoms with Crippen molar-refractivity contribution in [2.24, 2.45) is 0 Å². The van der Waals surface area contributed by atoms with Gasteiger partial charge in [0.2, 0.25) is 0 Å². The van der Waals surface area contributed by atoms with Gasteiger partial charge in [-0.25, -0.2) is 0 Å². The maximum atomic E-state index is 5.53. The second-order valence-electron chi connectivity index (χ2n) is 7.11. The number of hydrogen-bond acceptors (Lipinski definition) is 2. The highest BCUT2D eigenvalue weighted by molar-refractivity contribution is 7.80. The molecule has 2 bridgehead atoms. The van der Waals surface area contributed by atoms with Gasteiger partial charge >= 0.3 is 0 Å². The van der Waals surface area contributed by atoms with Gasteiger partial charge in [-0.05, 0) is 69.9 Å². The first-order valence-corrected chi connectivity index (χ1v) is 9.46. The number of anilines is 1. The van der Waals surface area contributed by atoms with Crippen LogP contribution in [-0.2, 0) is 0 Å². The summed E-state index contributed by atoms with van der Waals surface area (Å²) in [4.78, 5) is 2.76. The molecule has 0 spiro atoms. The summed E-state index contributed by atoms with van der Waals surface area (Å²) in [7, 11) is 0. The Hall–Kier alpha value is -1.13. The predicted octanol–water partition coefficient (Wildman–Crippen LogP) is 4.08. The number of thiocarbonyl (C=S) groups is 1. The third kappa shape index (κ3) is 4.24. The van der Waals surface area contributed by atoms with Crippen molar-refractivity contribution in [3.05, 3.63) is 29.8 Å². The Bertz CT molecular complexity index is 514. The van der Waals surface area contributed by atoms with Crippen LogP contribution in [-0.4, -0.2) is 34.7 Å². The van der Waals surface area contributed by atoms with Crippen molar-refractivity contribution < 1.29 is 0 Å². The van der Waals surface area contributed by atoms with Gasteiger partial charge in [-0.3, -0.25) is 4.90 Å². The van der Waals surface area contributed by atoms with Gasteiger partial charge in [0.05, 0.1) is 0 Å². The molecule has 2 N–H and O–H groups in total. The number of benzene rings is 1. The zero-order chi connectivity index (χ0) is 16.2. The van der Waals surface area contributed by atoms with Gasteiger partial charge in [0.25, 0.3) is 0 Å². The fourth-order valence-corrected chi connectivity index (χ4v) is 4.49. The number of rotatable bonds is 4. The molecular formula is C19H29N3S. The largest absolute Gasteiger partial charge is 0.360 e. The topological polar surface area (TPSA) is 27.3 Å². The average Bonchev–Trinajstić information content (AvgIpc) is 2.50. The molecule has 2 saturated heterocycles. The van der Waals surface area contributed by atoms with E-state index in [2.05, 4.69) is 53.6 Å². The van der Waals surface area contributed by atoms with Crippen molar-refractivity contribution >= 4 is 23.0 Å². The SMILES string of the molecule is CCCN1[C@@H]2CCC[C@@H]1CC(NC(=S)Nc1ccc(C)cc1)C2. The number of nitrogens with one attached hydrogen (secondary N) is 2. The highest BCUT2D eigenvalue weighted by Gasteiger charge is 2.37. The van der Waals surface area contributed by atoms with Crippen LogP contribution in [0.5, 0.6) is 0 Å². The van der Waals surface area contributed by atoms with Crippen LogP contribution in [0.4, 0.5) is 5.69 Å². The molecule has 4 heteroatoms. The van der Waals surface area contributed by atoms with Crippen LogP contribution in [0.1, 0.15) is 51.0 Å². The van der Waals surface area contributed by atoms with E-state index in [0.717, 1.165) is 22.9 Å². The summed E-state index contributed by atoms with van der Waals surface area (Å²) in [5, 5.41) is 7.66. The molecule has 2 aliphatic rings. The van der Waals surface area contributed by atoms with Gasteiger partial charge in [-0.15, -0.1) is 0 Å². The summed E-state index contributed by atoms with van der Waals surface area (Å²) in [5.74, 6) is 0. The molecular weight excluding hydrogens is 302 g/mol. The predicted molar refractivity (Wildman–Crippen MR) is 102 cm³/mol. The fraction of sp³-hybridized carbons (Fsp3) is 0.632. The zero-order valence-electron chi connectivity index (χ0n) is 14.3. The summed E-state index contributed by atoms with van der Waals surface area (Å²) in [6, 6.07) is 10.4. The lowest BCUT2D eigenvalue weighted by molar-refractivity contribution is 0.0284. The minimum Gasteiger partial charge on any atom is -0.360 e. The number of nitrogens with zero attached hydrogens (tertiary/aromatic N) is 1. The van der Waals surface area contributed by atoms with E-state index in [4.69, 9.17) is 12.2 Å². The van der Waals surface area contributed by atoms with E-state index < -0.39 is 0 Å². The number of aryl methyl sites for hydroxylation is 1. The third-order valence-electron chi connectivity index (χ3n) is 5.25. The summed E-state index contributed by atoms with van der Waals surface area (Å²) in [6.07, 6.45) is 7.82. The summed E-state index contributed by atoms with van der Waals surface area (Å²) in [5.41, 5.74) is 2.34.